The SMILES string of the molecule is COc1cc(C#N)cc(OCc2nc(C)cc(NN)n2)c1. The minimum atomic E-state index is 0.161. The molecule has 0 amide bonds. The zero-order valence-electron chi connectivity index (χ0n) is 11.8. The molecule has 0 saturated heterocycles. The van der Waals surface area contributed by atoms with Gasteiger partial charge in [-0.2, -0.15) is 5.26 Å². The molecule has 0 atom stereocenters. The summed E-state index contributed by atoms with van der Waals surface area (Å²) in [7, 11) is 1.53. The van der Waals surface area contributed by atoms with Crippen LogP contribution in [0.2, 0.25) is 0 Å². The highest BCUT2D eigenvalue weighted by Crippen LogP contribution is 2.23. The maximum absolute atomic E-state index is 8.96. The second-order valence-corrected chi connectivity index (χ2v) is 4.25. The van der Waals surface area contributed by atoms with Gasteiger partial charge in [0, 0.05) is 17.8 Å². The van der Waals surface area contributed by atoms with Gasteiger partial charge < -0.3 is 14.9 Å². The normalized spacial score (nSPS) is 9.81. The fourth-order valence-corrected chi connectivity index (χ4v) is 1.75. The molecule has 0 aliphatic rings. The van der Waals surface area contributed by atoms with Crippen LogP contribution in [0.15, 0.2) is 24.3 Å². The summed E-state index contributed by atoms with van der Waals surface area (Å²) in [5, 5.41) is 8.96. The number of benzene rings is 1. The van der Waals surface area contributed by atoms with Crippen molar-refractivity contribution >= 4 is 5.82 Å². The Morgan fingerprint density at radius 3 is 2.67 bits per heavy atom. The van der Waals surface area contributed by atoms with Crippen LogP contribution in [0.4, 0.5) is 5.82 Å². The van der Waals surface area contributed by atoms with Crippen molar-refractivity contribution in [2.24, 2.45) is 5.84 Å². The van der Waals surface area contributed by atoms with Gasteiger partial charge >= 0.3 is 0 Å². The topological polar surface area (TPSA) is 106 Å². The Hall–Kier alpha value is -2.85. The molecule has 7 heteroatoms. The highest BCUT2D eigenvalue weighted by molar-refractivity contribution is 5.44. The number of nitrogen functional groups attached to an aromatic ring is 1. The Morgan fingerprint density at radius 1 is 1.24 bits per heavy atom. The van der Waals surface area contributed by atoms with E-state index in [0.717, 1.165) is 5.69 Å². The number of nitriles is 1. The van der Waals surface area contributed by atoms with Crippen molar-refractivity contribution in [2.45, 2.75) is 13.5 Å². The molecule has 0 spiro atoms. The third kappa shape index (κ3) is 3.81. The van der Waals surface area contributed by atoms with Gasteiger partial charge in [0.15, 0.2) is 5.82 Å². The number of aryl methyl sites for hydroxylation is 1. The van der Waals surface area contributed by atoms with Crippen molar-refractivity contribution in [3.63, 3.8) is 0 Å². The molecule has 0 saturated carbocycles. The lowest BCUT2D eigenvalue weighted by atomic mass is 10.2. The van der Waals surface area contributed by atoms with Gasteiger partial charge in [-0.05, 0) is 19.1 Å². The highest BCUT2D eigenvalue weighted by atomic mass is 16.5. The van der Waals surface area contributed by atoms with Crippen LogP contribution < -0.4 is 20.7 Å². The summed E-state index contributed by atoms with van der Waals surface area (Å²) in [6.07, 6.45) is 0. The monoisotopic (exact) mass is 285 g/mol. The number of anilines is 1. The molecule has 0 aliphatic carbocycles. The molecule has 0 radical (unpaired) electrons. The fraction of sp³-hybridized carbons (Fsp3) is 0.214. The number of ether oxygens (including phenoxy) is 2. The number of methoxy groups -OCH3 is 1. The van der Waals surface area contributed by atoms with Gasteiger partial charge in [0.05, 0.1) is 18.7 Å². The second kappa shape index (κ2) is 6.54. The zero-order valence-corrected chi connectivity index (χ0v) is 11.8. The van der Waals surface area contributed by atoms with Gasteiger partial charge in [0.25, 0.3) is 0 Å². The molecule has 2 rings (SSSR count). The van der Waals surface area contributed by atoms with Crippen molar-refractivity contribution < 1.29 is 9.47 Å². The van der Waals surface area contributed by atoms with E-state index < -0.39 is 0 Å². The largest absolute Gasteiger partial charge is 0.497 e. The van der Waals surface area contributed by atoms with E-state index in [9.17, 15) is 0 Å². The number of nitrogens with one attached hydrogen (secondary N) is 1. The van der Waals surface area contributed by atoms with Gasteiger partial charge in [-0.3, -0.25) is 0 Å². The van der Waals surface area contributed by atoms with E-state index in [-0.39, 0.29) is 6.61 Å². The molecule has 0 aliphatic heterocycles. The number of hydrazine groups is 1. The molecule has 1 aromatic carbocycles. The average molecular weight is 285 g/mol. The lowest BCUT2D eigenvalue weighted by Gasteiger charge is -2.09. The summed E-state index contributed by atoms with van der Waals surface area (Å²) < 4.78 is 10.7. The van der Waals surface area contributed by atoms with Crippen molar-refractivity contribution in [2.75, 3.05) is 12.5 Å². The third-order valence-electron chi connectivity index (χ3n) is 2.66. The Balaban J connectivity index is 2.16. The molecule has 1 heterocycles. The number of hydrogen-bond acceptors (Lipinski definition) is 7. The smallest absolute Gasteiger partial charge is 0.168 e. The number of rotatable bonds is 5. The van der Waals surface area contributed by atoms with Crippen LogP contribution in [0.1, 0.15) is 17.1 Å². The Morgan fingerprint density at radius 2 is 2.00 bits per heavy atom. The van der Waals surface area contributed by atoms with Crippen LogP contribution in [0, 0.1) is 18.3 Å². The van der Waals surface area contributed by atoms with Gasteiger partial charge in [-0.1, -0.05) is 0 Å². The van der Waals surface area contributed by atoms with E-state index in [2.05, 4.69) is 15.4 Å². The molecule has 0 unspecified atom stereocenters. The van der Waals surface area contributed by atoms with Crippen molar-refractivity contribution in [3.8, 4) is 17.6 Å². The fourth-order valence-electron chi connectivity index (χ4n) is 1.75. The Bertz CT molecular complexity index is 682. The summed E-state index contributed by atoms with van der Waals surface area (Å²) in [6, 6.07) is 8.72. The molecule has 0 bridgehead atoms. The maximum atomic E-state index is 8.96. The average Bonchev–Trinajstić information content (AvgIpc) is 2.51. The lowest BCUT2D eigenvalue weighted by molar-refractivity contribution is 0.293. The summed E-state index contributed by atoms with van der Waals surface area (Å²) >= 11 is 0. The maximum Gasteiger partial charge on any atom is 0.168 e. The van der Waals surface area contributed by atoms with E-state index in [4.69, 9.17) is 20.6 Å². The van der Waals surface area contributed by atoms with Crippen molar-refractivity contribution in [1.29, 1.82) is 5.26 Å². The van der Waals surface area contributed by atoms with Crippen molar-refractivity contribution in [1.82, 2.24) is 9.97 Å². The minimum Gasteiger partial charge on any atom is -0.497 e. The number of nitrogens with two attached hydrogens (primary N) is 1. The molecule has 108 valence electrons. The van der Waals surface area contributed by atoms with E-state index in [0.29, 0.717) is 28.7 Å². The van der Waals surface area contributed by atoms with Crippen LogP contribution in [0.3, 0.4) is 0 Å². The van der Waals surface area contributed by atoms with Crippen LogP contribution >= 0.6 is 0 Å². The van der Waals surface area contributed by atoms with Gasteiger partial charge in [-0.25, -0.2) is 15.8 Å². The summed E-state index contributed by atoms with van der Waals surface area (Å²) in [5.41, 5.74) is 3.71. The first-order chi connectivity index (χ1) is 10.1. The minimum absolute atomic E-state index is 0.161. The van der Waals surface area contributed by atoms with Gasteiger partial charge in [0.1, 0.15) is 23.9 Å². The molecule has 3 N–H and O–H groups in total. The molecule has 0 fully saturated rings. The quantitative estimate of drug-likeness (QED) is 0.633. The predicted octanol–water partition coefficient (Wildman–Crippen LogP) is 1.53. The standard InChI is InChI=1S/C14H15N5O2/c1-9-3-13(19-16)18-14(17-9)8-21-12-5-10(7-15)4-11(6-12)20-2/h3-6H,8,16H2,1-2H3,(H,17,18,19). The first-order valence-corrected chi connectivity index (χ1v) is 6.17. The molecular weight excluding hydrogens is 270 g/mol. The third-order valence-corrected chi connectivity index (χ3v) is 2.66. The van der Waals surface area contributed by atoms with E-state index in [1.807, 2.05) is 13.0 Å². The molecule has 7 nitrogen and oxygen atoms in total. The molecular formula is C14H15N5O2. The summed E-state index contributed by atoms with van der Waals surface area (Å²) in [4.78, 5) is 8.44. The van der Waals surface area contributed by atoms with Crippen LogP contribution in [0.5, 0.6) is 11.5 Å². The Kier molecular flexibility index (Phi) is 4.53. The first-order valence-electron chi connectivity index (χ1n) is 6.17. The first kappa shape index (κ1) is 14.6. The van der Waals surface area contributed by atoms with Crippen LogP contribution in [-0.2, 0) is 6.61 Å². The molecule has 1 aromatic heterocycles. The predicted molar refractivity (Wildman–Crippen MR) is 76.6 cm³/mol. The highest BCUT2D eigenvalue weighted by Gasteiger charge is 2.05. The van der Waals surface area contributed by atoms with Gasteiger partial charge in [-0.15, -0.1) is 0 Å². The van der Waals surface area contributed by atoms with E-state index in [1.54, 1.807) is 24.3 Å². The van der Waals surface area contributed by atoms with E-state index in [1.165, 1.54) is 7.11 Å². The summed E-state index contributed by atoms with van der Waals surface area (Å²) in [5.74, 6) is 7.41. The van der Waals surface area contributed by atoms with Crippen molar-refractivity contribution in [3.05, 3.63) is 41.3 Å². The number of nitrogens with zero attached hydrogens (tertiary/aromatic N) is 3. The van der Waals surface area contributed by atoms with Gasteiger partial charge in [0.2, 0.25) is 0 Å². The number of hydrogen-bond donors (Lipinski definition) is 2. The molecule has 21 heavy (non-hydrogen) atoms. The van der Waals surface area contributed by atoms with Crippen LogP contribution in [-0.4, -0.2) is 17.1 Å². The molecule has 2 aromatic rings. The van der Waals surface area contributed by atoms with Crippen LogP contribution in [0.25, 0.3) is 0 Å². The summed E-state index contributed by atoms with van der Waals surface area (Å²) in [6.45, 7) is 2.00. The zero-order chi connectivity index (χ0) is 15.2. The van der Waals surface area contributed by atoms with E-state index >= 15 is 0 Å². The Labute approximate surface area is 122 Å². The second-order valence-electron chi connectivity index (χ2n) is 4.25. The lowest BCUT2D eigenvalue weighted by Crippen LogP contribution is -2.12. The number of aromatic nitrogens is 2.